The Kier molecular flexibility index (Phi) is 10.0. The molecule has 1 N–H and O–H groups in total. The van der Waals surface area contributed by atoms with Crippen molar-refractivity contribution in [2.75, 3.05) is 6.61 Å². The third-order valence-electron chi connectivity index (χ3n) is 2.69. The summed E-state index contributed by atoms with van der Waals surface area (Å²) in [5.74, 6) is 0.580. The van der Waals surface area contributed by atoms with Crippen LogP contribution in [-0.4, -0.2) is 11.7 Å². The van der Waals surface area contributed by atoms with Crippen LogP contribution in [0.2, 0.25) is 0 Å². The number of hydrogen-bond acceptors (Lipinski definition) is 1. The van der Waals surface area contributed by atoms with Crippen molar-refractivity contribution in [2.45, 2.75) is 65.2 Å². The lowest BCUT2D eigenvalue weighted by molar-refractivity contribution is 0.205. The van der Waals surface area contributed by atoms with Gasteiger partial charge in [0, 0.05) is 6.61 Å². The van der Waals surface area contributed by atoms with Crippen molar-refractivity contribution in [3.8, 4) is 0 Å². The van der Waals surface area contributed by atoms with Crippen LogP contribution >= 0.6 is 0 Å². The summed E-state index contributed by atoms with van der Waals surface area (Å²) in [4.78, 5) is 0. The zero-order valence-electron chi connectivity index (χ0n) is 9.39. The number of hydrogen-bond donors (Lipinski definition) is 1. The second kappa shape index (κ2) is 10.0. The first-order valence-electron chi connectivity index (χ1n) is 5.96. The van der Waals surface area contributed by atoms with E-state index < -0.39 is 0 Å². The smallest absolute Gasteiger partial charge is 0.0459 e. The molecule has 0 amide bonds. The van der Waals surface area contributed by atoms with E-state index in [1.54, 1.807) is 0 Å². The molecule has 0 aromatic rings. The largest absolute Gasteiger partial charge is 0.396 e. The van der Waals surface area contributed by atoms with Crippen LogP contribution in [0.1, 0.15) is 65.2 Å². The average molecular weight is 186 g/mol. The van der Waals surface area contributed by atoms with Gasteiger partial charge in [-0.1, -0.05) is 52.4 Å². The third kappa shape index (κ3) is 8.29. The van der Waals surface area contributed by atoms with Crippen LogP contribution in [-0.2, 0) is 0 Å². The second-order valence-electron chi connectivity index (χ2n) is 4.04. The third-order valence-corrected chi connectivity index (χ3v) is 2.69. The lowest BCUT2D eigenvalue weighted by atomic mass is 9.96. The van der Waals surface area contributed by atoms with Crippen LogP contribution in [0.15, 0.2) is 0 Å². The van der Waals surface area contributed by atoms with Crippen molar-refractivity contribution >= 4 is 0 Å². The maximum Gasteiger partial charge on any atom is 0.0459 e. The first-order valence-corrected chi connectivity index (χ1v) is 5.96. The van der Waals surface area contributed by atoms with Gasteiger partial charge in [-0.05, 0) is 18.8 Å². The summed E-state index contributed by atoms with van der Waals surface area (Å²) in [6, 6.07) is 0. The van der Waals surface area contributed by atoms with Gasteiger partial charge >= 0.3 is 0 Å². The molecule has 1 nitrogen and oxygen atoms in total. The Morgan fingerprint density at radius 1 is 0.846 bits per heavy atom. The lowest BCUT2D eigenvalue weighted by Crippen LogP contribution is -2.05. The highest BCUT2D eigenvalue weighted by molar-refractivity contribution is 4.58. The number of aliphatic hydroxyl groups excluding tert-OH is 1. The van der Waals surface area contributed by atoms with E-state index in [1.165, 1.54) is 51.4 Å². The zero-order chi connectivity index (χ0) is 9.94. The van der Waals surface area contributed by atoms with E-state index in [2.05, 4.69) is 13.8 Å². The van der Waals surface area contributed by atoms with Gasteiger partial charge in [0.1, 0.15) is 0 Å². The molecule has 0 radical (unpaired) electrons. The van der Waals surface area contributed by atoms with Gasteiger partial charge in [0.05, 0.1) is 0 Å². The van der Waals surface area contributed by atoms with E-state index >= 15 is 0 Å². The van der Waals surface area contributed by atoms with Gasteiger partial charge in [0.25, 0.3) is 0 Å². The first-order chi connectivity index (χ1) is 6.35. The highest BCUT2D eigenvalue weighted by Crippen LogP contribution is 2.16. The number of rotatable bonds is 9. The average Bonchev–Trinajstić information content (AvgIpc) is 2.17. The van der Waals surface area contributed by atoms with Gasteiger partial charge in [-0.25, -0.2) is 0 Å². The fraction of sp³-hybridized carbons (Fsp3) is 1.00. The van der Waals surface area contributed by atoms with Gasteiger partial charge < -0.3 is 5.11 Å². The summed E-state index contributed by atoms with van der Waals surface area (Å²) >= 11 is 0. The predicted octanol–water partition coefficient (Wildman–Crippen LogP) is 3.76. The second-order valence-corrected chi connectivity index (χ2v) is 4.04. The van der Waals surface area contributed by atoms with E-state index in [-0.39, 0.29) is 0 Å². The van der Waals surface area contributed by atoms with Crippen LogP contribution in [0.3, 0.4) is 0 Å². The highest BCUT2D eigenvalue weighted by atomic mass is 16.3. The minimum Gasteiger partial charge on any atom is -0.396 e. The molecule has 0 heterocycles. The molecule has 1 atom stereocenters. The Morgan fingerprint density at radius 2 is 1.46 bits per heavy atom. The van der Waals surface area contributed by atoms with E-state index in [0.717, 1.165) is 0 Å². The van der Waals surface area contributed by atoms with Gasteiger partial charge in [-0.15, -0.1) is 0 Å². The fourth-order valence-electron chi connectivity index (χ4n) is 1.68. The Hall–Kier alpha value is -0.0400. The first kappa shape index (κ1) is 13.0. The molecular formula is C12H26O. The number of unbranched alkanes of at least 4 members (excludes halogenated alkanes) is 4. The predicted molar refractivity (Wildman–Crippen MR) is 58.9 cm³/mol. The fourth-order valence-corrected chi connectivity index (χ4v) is 1.68. The summed E-state index contributed by atoms with van der Waals surface area (Å²) in [7, 11) is 0. The van der Waals surface area contributed by atoms with Crippen molar-refractivity contribution in [1.82, 2.24) is 0 Å². The molecule has 0 saturated heterocycles. The molecule has 13 heavy (non-hydrogen) atoms. The van der Waals surface area contributed by atoms with Crippen LogP contribution in [0, 0.1) is 5.92 Å². The molecule has 0 aliphatic rings. The van der Waals surface area contributed by atoms with E-state index in [9.17, 15) is 0 Å². The van der Waals surface area contributed by atoms with Crippen molar-refractivity contribution in [3.05, 3.63) is 0 Å². The molecule has 0 fully saturated rings. The maximum absolute atomic E-state index is 9.11. The van der Waals surface area contributed by atoms with Crippen LogP contribution in [0.4, 0.5) is 0 Å². The Morgan fingerprint density at radius 3 is 2.00 bits per heavy atom. The summed E-state index contributed by atoms with van der Waals surface area (Å²) in [5.41, 5.74) is 0. The minimum atomic E-state index is 0.395. The normalized spacial score (nSPS) is 13.2. The molecule has 0 bridgehead atoms. The molecule has 0 rings (SSSR count). The quantitative estimate of drug-likeness (QED) is 0.544. The van der Waals surface area contributed by atoms with Crippen LogP contribution < -0.4 is 0 Å². The Balaban J connectivity index is 3.25. The van der Waals surface area contributed by atoms with Crippen LogP contribution in [0.25, 0.3) is 0 Å². The van der Waals surface area contributed by atoms with Gasteiger partial charge in [-0.2, -0.15) is 0 Å². The molecular weight excluding hydrogens is 160 g/mol. The standard InChI is InChI=1S/C12H26O/c1-3-5-7-8-10-12(11-13)9-6-4-2/h12-13H,3-11H2,1-2H3/t12-/m1/s1. The molecule has 0 unspecified atom stereocenters. The van der Waals surface area contributed by atoms with Gasteiger partial charge in [0.15, 0.2) is 0 Å². The molecule has 0 aromatic carbocycles. The number of aliphatic hydroxyl groups is 1. The Labute approximate surface area is 83.5 Å². The molecule has 80 valence electrons. The van der Waals surface area contributed by atoms with Gasteiger partial charge in [-0.3, -0.25) is 0 Å². The molecule has 0 spiro atoms. The zero-order valence-corrected chi connectivity index (χ0v) is 9.39. The Bertz CT molecular complexity index is 91.1. The van der Waals surface area contributed by atoms with Crippen molar-refractivity contribution < 1.29 is 5.11 Å². The van der Waals surface area contributed by atoms with Crippen LogP contribution in [0.5, 0.6) is 0 Å². The van der Waals surface area contributed by atoms with Crippen molar-refractivity contribution in [1.29, 1.82) is 0 Å². The minimum absolute atomic E-state index is 0.395. The molecule has 0 aliphatic heterocycles. The SMILES string of the molecule is CCCCCC[C@H](CO)CCCC. The summed E-state index contributed by atoms with van der Waals surface area (Å²) in [6.45, 7) is 4.85. The van der Waals surface area contributed by atoms with Crippen molar-refractivity contribution in [2.24, 2.45) is 5.92 Å². The van der Waals surface area contributed by atoms with E-state index in [1.807, 2.05) is 0 Å². The lowest BCUT2D eigenvalue weighted by Gasteiger charge is -2.12. The topological polar surface area (TPSA) is 20.2 Å². The molecule has 0 saturated carbocycles. The summed E-state index contributed by atoms with van der Waals surface area (Å²) in [6.07, 6.45) is 10.3. The monoisotopic (exact) mass is 186 g/mol. The summed E-state index contributed by atoms with van der Waals surface area (Å²) < 4.78 is 0. The molecule has 1 heteroatoms. The van der Waals surface area contributed by atoms with Gasteiger partial charge in [0.2, 0.25) is 0 Å². The van der Waals surface area contributed by atoms with E-state index in [0.29, 0.717) is 12.5 Å². The molecule has 0 aliphatic carbocycles. The van der Waals surface area contributed by atoms with E-state index in [4.69, 9.17) is 5.11 Å². The molecule has 0 aromatic heterocycles. The maximum atomic E-state index is 9.11. The highest BCUT2D eigenvalue weighted by Gasteiger charge is 2.05. The van der Waals surface area contributed by atoms with Crippen molar-refractivity contribution in [3.63, 3.8) is 0 Å². The summed E-state index contributed by atoms with van der Waals surface area (Å²) in [5, 5.41) is 9.11.